The first-order chi connectivity index (χ1) is 8.10. The van der Waals surface area contributed by atoms with Crippen LogP contribution in [0.1, 0.15) is 10.4 Å². The number of amides is 1. The van der Waals surface area contributed by atoms with Crippen LogP contribution in [0, 0.1) is 0 Å². The molecule has 2 aromatic heterocycles. The van der Waals surface area contributed by atoms with Gasteiger partial charge in [-0.15, -0.1) is 16.4 Å². The highest BCUT2D eigenvalue weighted by Crippen LogP contribution is 2.32. The van der Waals surface area contributed by atoms with E-state index in [0.29, 0.717) is 5.56 Å². The van der Waals surface area contributed by atoms with E-state index in [1.807, 2.05) is 0 Å². The molecule has 2 aromatic rings. The number of aromatic amines is 1. The van der Waals surface area contributed by atoms with Crippen molar-refractivity contribution >= 4 is 55.1 Å². The molecule has 2 heterocycles. The van der Waals surface area contributed by atoms with E-state index in [2.05, 4.69) is 52.4 Å². The number of nitrogens with one attached hydrogen (secondary N) is 2. The highest BCUT2D eigenvalue weighted by Gasteiger charge is 2.15. The standard InChI is InChI=1S/C8H6Br2N4O2S/c1-16-8-12-7(13-14-8)11-6(15)3-2-4(9)17-5(3)10/h2H,1H3,(H2,11,12,13,14,15). The van der Waals surface area contributed by atoms with Gasteiger partial charge in [0.05, 0.1) is 20.2 Å². The number of aromatic nitrogens is 3. The first-order valence-corrected chi connectivity index (χ1v) is 6.73. The Morgan fingerprint density at radius 1 is 1.59 bits per heavy atom. The van der Waals surface area contributed by atoms with Gasteiger partial charge in [-0.1, -0.05) is 0 Å². The summed E-state index contributed by atoms with van der Waals surface area (Å²) in [6.45, 7) is 0. The van der Waals surface area contributed by atoms with Crippen molar-refractivity contribution in [2.75, 3.05) is 12.4 Å². The van der Waals surface area contributed by atoms with E-state index in [1.165, 1.54) is 18.4 Å². The predicted octanol–water partition coefficient (Wildman–Crippen LogP) is 2.65. The molecule has 17 heavy (non-hydrogen) atoms. The minimum atomic E-state index is -0.280. The van der Waals surface area contributed by atoms with Crippen LogP contribution in [0.2, 0.25) is 0 Å². The zero-order valence-corrected chi connectivity index (χ0v) is 12.4. The van der Waals surface area contributed by atoms with E-state index in [1.54, 1.807) is 6.07 Å². The Kier molecular flexibility index (Phi) is 3.79. The predicted molar refractivity (Wildman–Crippen MR) is 70.6 cm³/mol. The number of ether oxygens (including phenoxy) is 1. The molecule has 0 saturated heterocycles. The molecule has 0 bridgehead atoms. The fourth-order valence-corrected chi connectivity index (χ4v) is 3.86. The van der Waals surface area contributed by atoms with Crippen molar-refractivity contribution in [1.29, 1.82) is 0 Å². The minimum absolute atomic E-state index is 0.172. The number of rotatable bonds is 3. The number of anilines is 1. The molecule has 9 heteroatoms. The molecule has 0 unspecified atom stereocenters. The lowest BCUT2D eigenvalue weighted by Crippen LogP contribution is -2.12. The van der Waals surface area contributed by atoms with Crippen molar-refractivity contribution in [3.05, 3.63) is 19.2 Å². The molecule has 90 valence electrons. The quantitative estimate of drug-likeness (QED) is 0.856. The summed E-state index contributed by atoms with van der Waals surface area (Å²) in [7, 11) is 1.45. The van der Waals surface area contributed by atoms with Crippen molar-refractivity contribution < 1.29 is 9.53 Å². The van der Waals surface area contributed by atoms with E-state index < -0.39 is 0 Å². The summed E-state index contributed by atoms with van der Waals surface area (Å²) in [5, 5.41) is 8.83. The zero-order chi connectivity index (χ0) is 12.4. The van der Waals surface area contributed by atoms with Crippen molar-refractivity contribution in [2.24, 2.45) is 0 Å². The number of nitrogens with zero attached hydrogens (tertiary/aromatic N) is 2. The van der Waals surface area contributed by atoms with E-state index in [4.69, 9.17) is 4.74 Å². The number of carbonyl (C=O) groups is 1. The molecular weight excluding hydrogens is 376 g/mol. The molecule has 0 aliphatic rings. The third-order valence-corrected chi connectivity index (χ3v) is 4.12. The summed E-state index contributed by atoms with van der Waals surface area (Å²) in [5.41, 5.74) is 0.525. The second kappa shape index (κ2) is 5.15. The smallest absolute Gasteiger partial charge is 0.336 e. The molecule has 2 rings (SSSR count). The number of methoxy groups -OCH3 is 1. The third-order valence-electron chi connectivity index (χ3n) is 1.78. The van der Waals surface area contributed by atoms with Gasteiger partial charge in [0.2, 0.25) is 5.95 Å². The lowest BCUT2D eigenvalue weighted by atomic mass is 10.3. The van der Waals surface area contributed by atoms with Crippen LogP contribution in [-0.4, -0.2) is 28.2 Å². The molecule has 0 aliphatic heterocycles. The number of carbonyl (C=O) groups excluding carboxylic acids is 1. The van der Waals surface area contributed by atoms with Gasteiger partial charge in [-0.05, 0) is 37.9 Å². The second-order valence-electron chi connectivity index (χ2n) is 2.86. The topological polar surface area (TPSA) is 79.9 Å². The maximum absolute atomic E-state index is 11.9. The summed E-state index contributed by atoms with van der Waals surface area (Å²) >= 11 is 8.03. The Balaban J connectivity index is 2.14. The van der Waals surface area contributed by atoms with Gasteiger partial charge in [0.25, 0.3) is 5.91 Å². The van der Waals surface area contributed by atoms with Crippen LogP contribution >= 0.6 is 43.2 Å². The van der Waals surface area contributed by atoms with E-state index in [0.717, 1.165) is 7.57 Å². The number of H-pyrrole nitrogens is 1. The lowest BCUT2D eigenvalue weighted by Gasteiger charge is -1.98. The van der Waals surface area contributed by atoms with E-state index >= 15 is 0 Å². The van der Waals surface area contributed by atoms with Crippen LogP contribution in [0.4, 0.5) is 5.95 Å². The Bertz CT molecular complexity index is 553. The largest absolute Gasteiger partial charge is 0.466 e. The molecule has 0 fully saturated rings. The van der Waals surface area contributed by atoms with E-state index in [9.17, 15) is 4.79 Å². The summed E-state index contributed by atoms with van der Waals surface area (Å²) in [6.07, 6.45) is 0. The average Bonchev–Trinajstić information content (AvgIpc) is 2.85. The van der Waals surface area contributed by atoms with Crippen LogP contribution in [0.25, 0.3) is 0 Å². The minimum Gasteiger partial charge on any atom is -0.466 e. The maximum Gasteiger partial charge on any atom is 0.336 e. The van der Waals surface area contributed by atoms with Crippen molar-refractivity contribution in [3.63, 3.8) is 0 Å². The second-order valence-corrected chi connectivity index (χ2v) is 6.61. The molecule has 0 aromatic carbocycles. The summed E-state index contributed by atoms with van der Waals surface area (Å²) in [5.74, 6) is -0.0429. The van der Waals surface area contributed by atoms with Crippen LogP contribution < -0.4 is 10.1 Å². The fraction of sp³-hybridized carbons (Fsp3) is 0.125. The molecular formula is C8H6Br2N4O2S. The Labute approximate surface area is 117 Å². The first kappa shape index (κ1) is 12.5. The van der Waals surface area contributed by atoms with E-state index in [-0.39, 0.29) is 17.9 Å². The number of thiophene rings is 1. The molecule has 1 amide bonds. The number of hydrogen-bond donors (Lipinski definition) is 2. The molecule has 0 atom stereocenters. The molecule has 6 nitrogen and oxygen atoms in total. The summed E-state index contributed by atoms with van der Waals surface area (Å²) in [4.78, 5) is 15.7. The van der Waals surface area contributed by atoms with Gasteiger partial charge in [-0.25, -0.2) is 5.10 Å². The molecule has 0 saturated carbocycles. The van der Waals surface area contributed by atoms with Crippen LogP contribution in [0.3, 0.4) is 0 Å². The molecule has 0 radical (unpaired) electrons. The fourth-order valence-electron chi connectivity index (χ4n) is 1.06. The Morgan fingerprint density at radius 2 is 2.35 bits per heavy atom. The Hall–Kier alpha value is -0.930. The van der Waals surface area contributed by atoms with Crippen LogP contribution in [-0.2, 0) is 0 Å². The van der Waals surface area contributed by atoms with Gasteiger partial charge in [-0.2, -0.15) is 4.98 Å². The summed E-state index contributed by atoms with van der Waals surface area (Å²) in [6, 6.07) is 1.89. The molecule has 0 aliphatic carbocycles. The highest BCUT2D eigenvalue weighted by molar-refractivity contribution is 9.12. The van der Waals surface area contributed by atoms with Crippen molar-refractivity contribution in [2.45, 2.75) is 0 Å². The van der Waals surface area contributed by atoms with Crippen LogP contribution in [0.5, 0.6) is 6.01 Å². The zero-order valence-electron chi connectivity index (χ0n) is 8.45. The highest BCUT2D eigenvalue weighted by atomic mass is 79.9. The van der Waals surface area contributed by atoms with Gasteiger partial charge in [0.15, 0.2) is 0 Å². The van der Waals surface area contributed by atoms with Crippen molar-refractivity contribution in [1.82, 2.24) is 15.2 Å². The van der Waals surface area contributed by atoms with Gasteiger partial charge in [0.1, 0.15) is 0 Å². The number of hydrogen-bond acceptors (Lipinski definition) is 5. The lowest BCUT2D eigenvalue weighted by molar-refractivity contribution is 0.102. The van der Waals surface area contributed by atoms with Gasteiger partial charge < -0.3 is 4.74 Å². The molecule has 0 spiro atoms. The molecule has 2 N–H and O–H groups in total. The van der Waals surface area contributed by atoms with Gasteiger partial charge in [0, 0.05) is 0 Å². The monoisotopic (exact) mass is 380 g/mol. The van der Waals surface area contributed by atoms with Gasteiger partial charge in [-0.3, -0.25) is 10.1 Å². The first-order valence-electron chi connectivity index (χ1n) is 4.32. The Morgan fingerprint density at radius 3 is 2.88 bits per heavy atom. The normalized spacial score (nSPS) is 10.3. The van der Waals surface area contributed by atoms with Crippen molar-refractivity contribution in [3.8, 4) is 6.01 Å². The summed E-state index contributed by atoms with van der Waals surface area (Å²) < 4.78 is 6.40. The maximum atomic E-state index is 11.9. The SMILES string of the molecule is COc1n[nH]c(NC(=O)c2cc(Br)sc2Br)n1. The van der Waals surface area contributed by atoms with Crippen LogP contribution in [0.15, 0.2) is 13.6 Å². The third kappa shape index (κ3) is 2.85. The number of halogens is 2. The average molecular weight is 382 g/mol. The van der Waals surface area contributed by atoms with Gasteiger partial charge >= 0.3 is 6.01 Å².